The number of aliphatic carboxylic acids is 1. The lowest BCUT2D eigenvalue weighted by molar-refractivity contribution is -0.131. The molecule has 19 heavy (non-hydrogen) atoms. The van der Waals surface area contributed by atoms with Crippen LogP contribution in [0.15, 0.2) is 29.8 Å². The van der Waals surface area contributed by atoms with Gasteiger partial charge in [-0.2, -0.15) is 0 Å². The highest BCUT2D eigenvalue weighted by atomic mass is 16.4. The number of nitrogens with one attached hydrogen (secondary N) is 1. The lowest BCUT2D eigenvalue weighted by atomic mass is 10.1. The Bertz CT molecular complexity index is 576. The van der Waals surface area contributed by atoms with Crippen molar-refractivity contribution in [2.24, 2.45) is 0 Å². The number of rotatable bonds is 4. The van der Waals surface area contributed by atoms with Crippen molar-refractivity contribution in [3.05, 3.63) is 35.4 Å². The smallest absolute Gasteiger partial charge is 0.339 e. The molecule has 1 rings (SSSR count). The summed E-state index contributed by atoms with van der Waals surface area (Å²) < 4.78 is 0. The number of aromatic hydroxyl groups is 1. The van der Waals surface area contributed by atoms with Crippen LogP contribution in [-0.4, -0.2) is 33.2 Å². The molecule has 0 fully saturated rings. The van der Waals surface area contributed by atoms with Gasteiger partial charge >= 0.3 is 11.9 Å². The molecule has 0 saturated carbocycles. The first-order valence-corrected chi connectivity index (χ1v) is 5.10. The molecular weight excluding hydrogens is 254 g/mol. The van der Waals surface area contributed by atoms with Crippen LogP contribution in [0.3, 0.4) is 0 Å². The molecule has 1 aromatic carbocycles. The normalized spacial score (nSPS) is 10.9. The number of hydrogen-bond acceptors (Lipinski definition) is 4. The SMILES string of the molecule is C/C(=C\C(=O)O)C(=O)Nc1cccc(C(=O)O)c1O. The van der Waals surface area contributed by atoms with Crippen LogP contribution in [0.4, 0.5) is 5.69 Å². The van der Waals surface area contributed by atoms with E-state index in [1.807, 2.05) is 0 Å². The van der Waals surface area contributed by atoms with Crippen LogP contribution in [0.5, 0.6) is 5.75 Å². The molecule has 0 bridgehead atoms. The second-order valence-electron chi connectivity index (χ2n) is 3.63. The lowest BCUT2D eigenvalue weighted by Crippen LogP contribution is -2.14. The van der Waals surface area contributed by atoms with Gasteiger partial charge in [-0.05, 0) is 19.1 Å². The molecule has 0 radical (unpaired) electrons. The van der Waals surface area contributed by atoms with E-state index in [9.17, 15) is 19.5 Å². The van der Waals surface area contributed by atoms with E-state index < -0.39 is 23.6 Å². The number of benzene rings is 1. The van der Waals surface area contributed by atoms with Crippen LogP contribution in [0.1, 0.15) is 17.3 Å². The Morgan fingerprint density at radius 1 is 1.21 bits per heavy atom. The summed E-state index contributed by atoms with van der Waals surface area (Å²) in [5, 5.41) is 29.1. The molecule has 0 heterocycles. The first-order valence-electron chi connectivity index (χ1n) is 5.10. The molecule has 1 aromatic rings. The quantitative estimate of drug-likeness (QED) is 0.476. The highest BCUT2D eigenvalue weighted by Crippen LogP contribution is 2.27. The van der Waals surface area contributed by atoms with Gasteiger partial charge in [-0.25, -0.2) is 9.59 Å². The summed E-state index contributed by atoms with van der Waals surface area (Å²) in [5.41, 5.74) is -0.562. The van der Waals surface area contributed by atoms with Crippen molar-refractivity contribution in [1.29, 1.82) is 0 Å². The molecule has 7 heteroatoms. The van der Waals surface area contributed by atoms with Crippen molar-refractivity contribution in [3.63, 3.8) is 0 Å². The van der Waals surface area contributed by atoms with Gasteiger partial charge in [0.05, 0.1) is 5.69 Å². The Labute approximate surface area is 107 Å². The Morgan fingerprint density at radius 2 is 1.84 bits per heavy atom. The molecule has 0 aromatic heterocycles. The predicted octanol–water partition coefficient (Wildman–Crippen LogP) is 1.06. The van der Waals surface area contributed by atoms with Crippen molar-refractivity contribution >= 4 is 23.5 Å². The van der Waals surface area contributed by atoms with Crippen molar-refractivity contribution < 1.29 is 29.7 Å². The van der Waals surface area contributed by atoms with Gasteiger partial charge in [0.25, 0.3) is 5.91 Å². The predicted molar refractivity (Wildman–Crippen MR) is 65.1 cm³/mol. The second kappa shape index (κ2) is 5.67. The molecule has 0 atom stereocenters. The van der Waals surface area contributed by atoms with E-state index in [-0.39, 0.29) is 16.8 Å². The molecule has 1 amide bonds. The number of hydrogen-bond donors (Lipinski definition) is 4. The van der Waals surface area contributed by atoms with Crippen molar-refractivity contribution in [1.82, 2.24) is 0 Å². The summed E-state index contributed by atoms with van der Waals surface area (Å²) in [4.78, 5) is 32.8. The standard InChI is InChI=1S/C12H11NO6/c1-6(5-9(14)15)11(17)13-8-4-2-3-7(10(8)16)12(18)19/h2-5,16H,1H3,(H,13,17)(H,14,15)(H,18,19)/b6-5+. The molecule has 0 unspecified atom stereocenters. The first-order chi connectivity index (χ1) is 8.82. The highest BCUT2D eigenvalue weighted by Gasteiger charge is 2.15. The molecule has 4 N–H and O–H groups in total. The Balaban J connectivity index is 3.01. The fraction of sp³-hybridized carbons (Fsp3) is 0.0833. The van der Waals surface area contributed by atoms with Crippen molar-refractivity contribution in [3.8, 4) is 5.75 Å². The maximum atomic E-state index is 11.6. The molecule has 0 aliphatic heterocycles. The average Bonchev–Trinajstić information content (AvgIpc) is 2.30. The van der Waals surface area contributed by atoms with Gasteiger partial charge < -0.3 is 20.6 Å². The minimum Gasteiger partial charge on any atom is -0.505 e. The van der Waals surface area contributed by atoms with Crippen LogP contribution < -0.4 is 5.32 Å². The van der Waals surface area contributed by atoms with Gasteiger partial charge in [-0.1, -0.05) is 6.07 Å². The van der Waals surface area contributed by atoms with Crippen molar-refractivity contribution in [2.45, 2.75) is 6.92 Å². The van der Waals surface area contributed by atoms with Crippen molar-refractivity contribution in [2.75, 3.05) is 5.32 Å². The summed E-state index contributed by atoms with van der Waals surface area (Å²) in [6.45, 7) is 1.28. The van der Waals surface area contributed by atoms with E-state index in [0.29, 0.717) is 6.08 Å². The van der Waals surface area contributed by atoms with Crippen LogP contribution >= 0.6 is 0 Å². The van der Waals surface area contributed by atoms with Gasteiger partial charge in [0, 0.05) is 11.6 Å². The third kappa shape index (κ3) is 3.56. The number of phenols is 1. The second-order valence-corrected chi connectivity index (χ2v) is 3.63. The molecule has 7 nitrogen and oxygen atoms in total. The monoisotopic (exact) mass is 265 g/mol. The van der Waals surface area contributed by atoms with E-state index in [0.717, 1.165) is 0 Å². The minimum absolute atomic E-state index is 0.0902. The number of amides is 1. The zero-order valence-corrected chi connectivity index (χ0v) is 9.88. The number of carbonyl (C=O) groups excluding carboxylic acids is 1. The van der Waals surface area contributed by atoms with Gasteiger partial charge in [0.2, 0.25) is 0 Å². The largest absolute Gasteiger partial charge is 0.505 e. The third-order valence-electron chi connectivity index (χ3n) is 2.21. The van der Waals surface area contributed by atoms with Crippen LogP contribution in [0.25, 0.3) is 0 Å². The summed E-state index contributed by atoms with van der Waals surface area (Å²) in [6, 6.07) is 3.82. The number of carboxylic acids is 2. The minimum atomic E-state index is -1.34. The summed E-state index contributed by atoms with van der Waals surface area (Å²) in [6.07, 6.45) is 0.702. The zero-order chi connectivity index (χ0) is 14.6. The lowest BCUT2D eigenvalue weighted by Gasteiger charge is -2.08. The van der Waals surface area contributed by atoms with Gasteiger partial charge in [-0.15, -0.1) is 0 Å². The maximum absolute atomic E-state index is 11.6. The van der Waals surface area contributed by atoms with Crippen LogP contribution in [-0.2, 0) is 9.59 Å². The molecule has 100 valence electrons. The fourth-order valence-electron chi connectivity index (χ4n) is 1.29. The van der Waals surface area contributed by atoms with E-state index in [2.05, 4.69) is 5.32 Å². The van der Waals surface area contributed by atoms with Crippen LogP contribution in [0.2, 0.25) is 0 Å². The molecular formula is C12H11NO6. The Morgan fingerprint density at radius 3 is 2.37 bits per heavy atom. The van der Waals surface area contributed by atoms with Gasteiger partial charge in [-0.3, -0.25) is 4.79 Å². The number of anilines is 1. The van der Waals surface area contributed by atoms with E-state index in [1.54, 1.807) is 0 Å². The van der Waals surface area contributed by atoms with Crippen LogP contribution in [0, 0.1) is 0 Å². The van der Waals surface area contributed by atoms with Gasteiger partial charge in [0.1, 0.15) is 5.56 Å². The number of aromatic carboxylic acids is 1. The Kier molecular flexibility index (Phi) is 4.25. The zero-order valence-electron chi connectivity index (χ0n) is 9.88. The third-order valence-corrected chi connectivity index (χ3v) is 2.21. The molecule has 0 saturated heterocycles. The van der Waals surface area contributed by atoms with E-state index in [4.69, 9.17) is 10.2 Å². The molecule has 0 aliphatic rings. The summed E-state index contributed by atoms with van der Waals surface area (Å²) >= 11 is 0. The average molecular weight is 265 g/mol. The first kappa shape index (κ1) is 14.2. The number of para-hydroxylation sites is 1. The van der Waals surface area contributed by atoms with Gasteiger partial charge in [0.15, 0.2) is 5.75 Å². The number of carbonyl (C=O) groups is 3. The highest BCUT2D eigenvalue weighted by molar-refractivity contribution is 6.07. The Hall–Kier alpha value is -2.83. The van der Waals surface area contributed by atoms with E-state index in [1.165, 1.54) is 25.1 Å². The summed E-state index contributed by atoms with van der Waals surface area (Å²) in [7, 11) is 0. The van der Waals surface area contributed by atoms with E-state index >= 15 is 0 Å². The maximum Gasteiger partial charge on any atom is 0.339 e. The fourth-order valence-corrected chi connectivity index (χ4v) is 1.29. The molecule has 0 aliphatic carbocycles. The number of carboxylic acid groups (broad SMARTS) is 2. The molecule has 0 spiro atoms. The summed E-state index contributed by atoms with van der Waals surface area (Å²) in [5.74, 6) is -3.96. The topological polar surface area (TPSA) is 124 Å².